The molecule has 0 bridgehead atoms. The fraction of sp³-hybridized carbons (Fsp3) is 0.467. The number of benzene rings is 2. The molecule has 10 nitrogen and oxygen atoms in total. The van der Waals surface area contributed by atoms with Crippen molar-refractivity contribution in [3.63, 3.8) is 0 Å². The van der Waals surface area contributed by atoms with Gasteiger partial charge in [0.25, 0.3) is 0 Å². The van der Waals surface area contributed by atoms with Crippen LogP contribution in [-0.2, 0) is 19.1 Å². The normalized spacial score (nSPS) is 22.5. The second-order valence-electron chi connectivity index (χ2n) is 11.6. The number of amides is 3. The van der Waals surface area contributed by atoms with E-state index in [1.807, 2.05) is 36.4 Å². The molecule has 0 spiro atoms. The predicted octanol–water partition coefficient (Wildman–Crippen LogP) is 3.98. The van der Waals surface area contributed by atoms with Gasteiger partial charge in [0.05, 0.1) is 6.54 Å². The first-order valence-electron chi connectivity index (χ1n) is 13.7. The summed E-state index contributed by atoms with van der Waals surface area (Å²) in [5.41, 5.74) is 3.61. The van der Waals surface area contributed by atoms with Crippen molar-refractivity contribution in [3.8, 4) is 11.1 Å². The van der Waals surface area contributed by atoms with Crippen molar-refractivity contribution in [2.45, 2.75) is 69.7 Å². The predicted molar refractivity (Wildman–Crippen MR) is 146 cm³/mol. The summed E-state index contributed by atoms with van der Waals surface area (Å²) in [5, 5.41) is 12.3. The highest BCUT2D eigenvalue weighted by Crippen LogP contribution is 2.44. The summed E-state index contributed by atoms with van der Waals surface area (Å²) < 4.78 is 11.2. The molecule has 3 amide bonds. The summed E-state index contributed by atoms with van der Waals surface area (Å²) in [4.78, 5) is 54.3. The summed E-state index contributed by atoms with van der Waals surface area (Å²) in [6, 6.07) is 13.6. The van der Waals surface area contributed by atoms with Crippen molar-refractivity contribution < 1.29 is 33.8 Å². The summed E-state index contributed by atoms with van der Waals surface area (Å²) in [7, 11) is 0. The maximum atomic E-state index is 13.6. The number of alkyl carbamates (subject to hydrolysis) is 1. The van der Waals surface area contributed by atoms with Crippen LogP contribution >= 0.6 is 0 Å². The van der Waals surface area contributed by atoms with Crippen LogP contribution in [0.15, 0.2) is 48.5 Å². The molecular weight excluding hydrogens is 514 g/mol. The molecule has 2 N–H and O–H groups in total. The van der Waals surface area contributed by atoms with E-state index >= 15 is 0 Å². The minimum Gasteiger partial charge on any atom is -0.480 e. The largest absolute Gasteiger partial charge is 0.480 e. The van der Waals surface area contributed by atoms with E-state index in [9.17, 15) is 24.3 Å². The molecule has 3 aliphatic rings. The second kappa shape index (κ2) is 10.8. The smallest absolute Gasteiger partial charge is 0.409 e. The van der Waals surface area contributed by atoms with Crippen LogP contribution in [0.2, 0.25) is 0 Å². The van der Waals surface area contributed by atoms with Crippen LogP contribution in [0, 0.1) is 0 Å². The van der Waals surface area contributed by atoms with Gasteiger partial charge >= 0.3 is 18.2 Å². The first-order chi connectivity index (χ1) is 19.0. The molecule has 40 heavy (non-hydrogen) atoms. The van der Waals surface area contributed by atoms with Gasteiger partial charge in [-0.1, -0.05) is 48.5 Å². The lowest BCUT2D eigenvalue weighted by molar-refractivity contribution is -0.151. The van der Waals surface area contributed by atoms with Gasteiger partial charge in [-0.3, -0.25) is 4.79 Å². The van der Waals surface area contributed by atoms with E-state index in [2.05, 4.69) is 17.4 Å². The average Bonchev–Trinajstić information content (AvgIpc) is 3.46. The van der Waals surface area contributed by atoms with E-state index < -0.39 is 41.7 Å². The molecule has 0 radical (unpaired) electrons. The zero-order valence-electron chi connectivity index (χ0n) is 23.0. The minimum atomic E-state index is -1.18. The molecular formula is C30H35N3O7. The standard InChI is InChI=1S/C30H35N3O7/c1-30(2,3)40-28(37)31-24-16-32(15-14-18-12-13-25(27(35)36)33(18)26(24)34)29(38)39-17-23-21-10-6-4-8-19(21)20-9-5-7-11-22(20)23/h4-11,18,23-25H,12-17H2,1-3H3,(H,31,37)(H,35,36)/t18-,24+,25+/m1/s1. The summed E-state index contributed by atoms with van der Waals surface area (Å²) in [6.45, 7) is 5.32. The van der Waals surface area contributed by atoms with Crippen LogP contribution in [0.5, 0.6) is 0 Å². The van der Waals surface area contributed by atoms with Crippen molar-refractivity contribution in [1.82, 2.24) is 15.1 Å². The van der Waals surface area contributed by atoms with Gasteiger partial charge in [-0.25, -0.2) is 14.4 Å². The number of carbonyl (C=O) groups excluding carboxylic acids is 3. The third-order valence-electron chi connectivity index (χ3n) is 7.76. The molecule has 2 saturated heterocycles. The Bertz CT molecular complexity index is 1270. The van der Waals surface area contributed by atoms with Gasteiger partial charge in [-0.2, -0.15) is 0 Å². The highest BCUT2D eigenvalue weighted by Gasteiger charge is 2.46. The number of fused-ring (bicyclic) bond motifs is 4. The lowest BCUT2D eigenvalue weighted by Gasteiger charge is -2.38. The number of rotatable bonds is 4. The highest BCUT2D eigenvalue weighted by atomic mass is 16.6. The van der Waals surface area contributed by atoms with Crippen molar-refractivity contribution >= 4 is 24.1 Å². The Morgan fingerprint density at radius 2 is 1.60 bits per heavy atom. The second-order valence-corrected chi connectivity index (χ2v) is 11.6. The molecule has 5 rings (SSSR count). The fourth-order valence-electron chi connectivity index (χ4n) is 6.03. The zero-order chi connectivity index (χ0) is 28.6. The Morgan fingerprint density at radius 3 is 2.20 bits per heavy atom. The maximum absolute atomic E-state index is 13.6. The molecule has 212 valence electrons. The van der Waals surface area contributed by atoms with E-state index in [-0.39, 0.29) is 31.7 Å². The molecule has 2 fully saturated rings. The Morgan fingerprint density at radius 1 is 0.975 bits per heavy atom. The zero-order valence-corrected chi connectivity index (χ0v) is 23.0. The van der Waals surface area contributed by atoms with E-state index in [0.717, 1.165) is 22.3 Å². The number of carbonyl (C=O) groups is 4. The number of carboxylic acid groups (broad SMARTS) is 1. The molecule has 1 aliphatic carbocycles. The van der Waals surface area contributed by atoms with E-state index in [1.165, 1.54) is 9.80 Å². The van der Waals surface area contributed by atoms with Crippen LogP contribution in [0.25, 0.3) is 11.1 Å². The van der Waals surface area contributed by atoms with E-state index in [4.69, 9.17) is 9.47 Å². The SMILES string of the molecule is CC(C)(C)OC(=O)N[C@H]1CN(C(=O)OCC2c3ccccc3-c3ccccc32)CC[C@H]2CC[C@@H](C(=O)O)N2C1=O. The molecule has 2 aromatic carbocycles. The highest BCUT2D eigenvalue weighted by molar-refractivity contribution is 5.91. The molecule has 2 aliphatic heterocycles. The van der Waals surface area contributed by atoms with Crippen molar-refractivity contribution in [1.29, 1.82) is 0 Å². The summed E-state index contributed by atoms with van der Waals surface area (Å²) in [6.07, 6.45) is -0.178. The topological polar surface area (TPSA) is 125 Å². The van der Waals surface area contributed by atoms with Crippen molar-refractivity contribution in [2.24, 2.45) is 0 Å². The maximum Gasteiger partial charge on any atom is 0.409 e. The Labute approximate surface area is 233 Å². The van der Waals surface area contributed by atoms with Crippen LogP contribution in [0.4, 0.5) is 9.59 Å². The number of carboxylic acids is 1. The fourth-order valence-corrected chi connectivity index (χ4v) is 6.03. The Balaban J connectivity index is 1.34. The van der Waals surface area contributed by atoms with Gasteiger partial charge in [-0.15, -0.1) is 0 Å². The van der Waals surface area contributed by atoms with Crippen LogP contribution in [0.1, 0.15) is 57.1 Å². The quantitative estimate of drug-likeness (QED) is 0.591. The van der Waals surface area contributed by atoms with Gasteiger partial charge in [0.1, 0.15) is 24.3 Å². The van der Waals surface area contributed by atoms with Gasteiger partial charge in [0.15, 0.2) is 0 Å². The van der Waals surface area contributed by atoms with Crippen LogP contribution in [-0.4, -0.2) is 82.4 Å². The number of hydrogen-bond donors (Lipinski definition) is 2. The number of ether oxygens (including phenoxy) is 2. The van der Waals surface area contributed by atoms with Gasteiger partial charge in [0.2, 0.25) is 5.91 Å². The summed E-state index contributed by atoms with van der Waals surface area (Å²) in [5.74, 6) is -1.75. The van der Waals surface area contributed by atoms with Crippen LogP contribution in [0.3, 0.4) is 0 Å². The average molecular weight is 550 g/mol. The lowest BCUT2D eigenvalue weighted by Crippen LogP contribution is -2.60. The monoisotopic (exact) mass is 549 g/mol. The molecule has 0 aromatic heterocycles. The van der Waals surface area contributed by atoms with Gasteiger partial charge < -0.3 is 29.7 Å². The number of nitrogens with one attached hydrogen (secondary N) is 1. The summed E-state index contributed by atoms with van der Waals surface area (Å²) >= 11 is 0. The van der Waals surface area contributed by atoms with Crippen LogP contribution < -0.4 is 5.32 Å². The Kier molecular flexibility index (Phi) is 7.44. The van der Waals surface area contributed by atoms with E-state index in [1.54, 1.807) is 20.8 Å². The number of hydrogen-bond acceptors (Lipinski definition) is 6. The minimum absolute atomic E-state index is 0.120. The molecule has 2 aromatic rings. The number of nitrogens with zero attached hydrogens (tertiary/aromatic N) is 2. The van der Waals surface area contributed by atoms with Crippen molar-refractivity contribution in [3.05, 3.63) is 59.7 Å². The van der Waals surface area contributed by atoms with Crippen molar-refractivity contribution in [2.75, 3.05) is 19.7 Å². The molecule has 2 heterocycles. The third kappa shape index (κ3) is 5.48. The van der Waals surface area contributed by atoms with Gasteiger partial charge in [-0.05, 0) is 62.3 Å². The third-order valence-corrected chi connectivity index (χ3v) is 7.76. The number of aliphatic carboxylic acids is 1. The molecule has 0 unspecified atom stereocenters. The molecule has 10 heteroatoms. The lowest BCUT2D eigenvalue weighted by atomic mass is 9.98. The first kappa shape index (κ1) is 27.5. The molecule has 3 atom stereocenters. The Hall–Kier alpha value is -4.08. The van der Waals surface area contributed by atoms with Gasteiger partial charge in [0, 0.05) is 18.5 Å². The van der Waals surface area contributed by atoms with E-state index in [0.29, 0.717) is 19.3 Å². The molecule has 0 saturated carbocycles. The first-order valence-corrected chi connectivity index (χ1v) is 13.7.